The summed E-state index contributed by atoms with van der Waals surface area (Å²) in [5, 5.41) is 3.30. The molecular formula is C28H37N5O7S2. The van der Waals surface area contributed by atoms with Crippen LogP contribution in [0.3, 0.4) is 0 Å². The molecule has 1 aromatic heterocycles. The highest BCUT2D eigenvalue weighted by molar-refractivity contribution is 7.89. The van der Waals surface area contributed by atoms with Crippen LogP contribution >= 0.6 is 11.3 Å². The molecule has 0 radical (unpaired) electrons. The van der Waals surface area contributed by atoms with Crippen LogP contribution in [-0.2, 0) is 32.5 Å². The molecule has 0 unspecified atom stereocenters. The number of thiophene rings is 1. The smallest absolute Gasteiger partial charge is 0.409 e. The molecule has 1 N–H and O–H groups in total. The van der Waals surface area contributed by atoms with Gasteiger partial charge in [0.15, 0.2) is 0 Å². The van der Waals surface area contributed by atoms with Crippen LogP contribution in [0.4, 0.5) is 9.80 Å². The van der Waals surface area contributed by atoms with Crippen LogP contribution in [0.15, 0.2) is 29.2 Å². The van der Waals surface area contributed by atoms with Crippen molar-refractivity contribution in [1.29, 1.82) is 0 Å². The molecule has 1 aromatic carbocycles. The van der Waals surface area contributed by atoms with E-state index in [9.17, 15) is 27.6 Å². The molecular weight excluding hydrogens is 582 g/mol. The third-order valence-corrected chi connectivity index (χ3v) is 10.6. The first-order valence-corrected chi connectivity index (χ1v) is 16.3. The minimum atomic E-state index is -3.83. The predicted molar refractivity (Wildman–Crippen MR) is 158 cm³/mol. The van der Waals surface area contributed by atoms with Gasteiger partial charge in [0.05, 0.1) is 23.6 Å². The molecule has 0 spiro atoms. The number of sulfonamides is 1. The van der Waals surface area contributed by atoms with Crippen molar-refractivity contribution in [2.75, 3.05) is 57.7 Å². The number of anilines is 1. The topological polar surface area (TPSA) is 137 Å². The number of piperazine rings is 1. The summed E-state index contributed by atoms with van der Waals surface area (Å²) >= 11 is 1.29. The molecule has 0 bridgehead atoms. The number of carbonyl (C=O) groups excluding carboxylic acids is 4. The van der Waals surface area contributed by atoms with Gasteiger partial charge in [-0.15, -0.1) is 11.3 Å². The molecule has 4 amide bonds. The Hall–Kier alpha value is -3.49. The van der Waals surface area contributed by atoms with E-state index in [1.165, 1.54) is 51.7 Å². The summed E-state index contributed by atoms with van der Waals surface area (Å²) in [5.41, 5.74) is 1.55. The van der Waals surface area contributed by atoms with Crippen molar-refractivity contribution in [3.63, 3.8) is 0 Å². The Morgan fingerprint density at radius 3 is 2.17 bits per heavy atom. The molecule has 228 valence electrons. The number of nitrogens with zero attached hydrogens (tertiary/aromatic N) is 4. The van der Waals surface area contributed by atoms with Gasteiger partial charge in [0.1, 0.15) is 5.00 Å². The second-order valence-corrected chi connectivity index (χ2v) is 13.0. The number of benzene rings is 1. The largest absolute Gasteiger partial charge is 0.450 e. The first kappa shape index (κ1) is 31.4. The summed E-state index contributed by atoms with van der Waals surface area (Å²) in [4.78, 5) is 56.5. The zero-order chi connectivity index (χ0) is 30.6. The highest BCUT2D eigenvalue weighted by Gasteiger charge is 2.33. The van der Waals surface area contributed by atoms with Gasteiger partial charge in [0.2, 0.25) is 15.9 Å². The number of amides is 4. The molecule has 4 rings (SSSR count). The number of nitrogens with one attached hydrogen (secondary N) is 1. The Kier molecular flexibility index (Phi) is 9.89. The Balaban J connectivity index is 1.52. The van der Waals surface area contributed by atoms with Gasteiger partial charge in [-0.25, -0.2) is 13.2 Å². The third kappa shape index (κ3) is 6.45. The van der Waals surface area contributed by atoms with Gasteiger partial charge in [-0.05, 0) is 57.0 Å². The number of rotatable bonds is 8. The van der Waals surface area contributed by atoms with Crippen LogP contribution in [-0.4, -0.2) is 104 Å². The van der Waals surface area contributed by atoms with Crippen LogP contribution in [0, 0.1) is 0 Å². The van der Waals surface area contributed by atoms with E-state index in [0.29, 0.717) is 43.2 Å². The molecule has 1 saturated heterocycles. The average Bonchev–Trinajstić information content (AvgIpc) is 3.34. The fourth-order valence-corrected chi connectivity index (χ4v) is 7.76. The quantitative estimate of drug-likeness (QED) is 0.480. The summed E-state index contributed by atoms with van der Waals surface area (Å²) in [6, 6.07) is 5.64. The van der Waals surface area contributed by atoms with Gasteiger partial charge in [0.25, 0.3) is 11.8 Å². The second-order valence-electron chi connectivity index (χ2n) is 9.94. The van der Waals surface area contributed by atoms with Crippen molar-refractivity contribution >= 4 is 50.2 Å². The third-order valence-electron chi connectivity index (χ3n) is 7.51. The lowest BCUT2D eigenvalue weighted by Gasteiger charge is -2.33. The van der Waals surface area contributed by atoms with E-state index in [1.807, 2.05) is 13.8 Å². The number of ether oxygens (including phenoxy) is 1. The lowest BCUT2D eigenvalue weighted by molar-refractivity contribution is -0.129. The van der Waals surface area contributed by atoms with Gasteiger partial charge in [0, 0.05) is 63.2 Å². The van der Waals surface area contributed by atoms with Gasteiger partial charge < -0.3 is 24.8 Å². The van der Waals surface area contributed by atoms with Gasteiger partial charge >= 0.3 is 6.09 Å². The van der Waals surface area contributed by atoms with E-state index >= 15 is 0 Å². The van der Waals surface area contributed by atoms with Crippen molar-refractivity contribution in [3.05, 3.63) is 45.8 Å². The number of hydrogen-bond donors (Lipinski definition) is 1. The average molecular weight is 620 g/mol. The Morgan fingerprint density at radius 1 is 0.952 bits per heavy atom. The van der Waals surface area contributed by atoms with Gasteiger partial charge in [-0.3, -0.25) is 14.4 Å². The van der Waals surface area contributed by atoms with Crippen LogP contribution in [0.5, 0.6) is 0 Å². The van der Waals surface area contributed by atoms with Crippen LogP contribution in [0.25, 0.3) is 0 Å². The highest BCUT2D eigenvalue weighted by atomic mass is 32.2. The van der Waals surface area contributed by atoms with E-state index < -0.39 is 22.0 Å². The van der Waals surface area contributed by atoms with E-state index in [0.717, 1.165) is 10.4 Å². The predicted octanol–water partition coefficient (Wildman–Crippen LogP) is 2.85. The molecule has 0 atom stereocenters. The lowest BCUT2D eigenvalue weighted by atomic mass is 10.0. The summed E-state index contributed by atoms with van der Waals surface area (Å²) in [5.74, 6) is -0.696. The molecule has 14 heteroatoms. The minimum absolute atomic E-state index is 0.0388. The SMILES string of the molecule is CCOC(=O)N1CCN(S(=O)(=O)c2ccc(C(=O)Nc3sc4c(c3C(=O)N(CC)CC)CCN(C(C)=O)C4)cc2)CC1. The summed E-state index contributed by atoms with van der Waals surface area (Å²) in [6.45, 7) is 9.89. The van der Waals surface area contributed by atoms with Crippen LogP contribution in [0.2, 0.25) is 0 Å². The molecule has 3 heterocycles. The van der Waals surface area contributed by atoms with E-state index in [2.05, 4.69) is 5.32 Å². The first-order chi connectivity index (χ1) is 20.0. The van der Waals surface area contributed by atoms with E-state index in [4.69, 9.17) is 4.74 Å². The molecule has 2 aliphatic heterocycles. The minimum Gasteiger partial charge on any atom is -0.450 e. The Labute approximate surface area is 250 Å². The first-order valence-electron chi connectivity index (χ1n) is 14.0. The normalized spacial score (nSPS) is 15.6. The standard InChI is InChI=1S/C28H37N5O7S2/c1-5-30(6-2)27(36)24-22-12-13-32(19(4)34)18-23(22)41-26(24)29-25(35)20-8-10-21(11-9-20)42(38,39)33-16-14-31(15-17-33)28(37)40-7-3/h8-11H,5-7,12-18H2,1-4H3,(H,29,35). The number of fused-ring (bicyclic) bond motifs is 1. The van der Waals surface area contributed by atoms with Crippen molar-refractivity contribution in [1.82, 2.24) is 19.0 Å². The molecule has 12 nitrogen and oxygen atoms in total. The summed E-state index contributed by atoms with van der Waals surface area (Å²) < 4.78 is 32.7. The lowest BCUT2D eigenvalue weighted by Crippen LogP contribution is -2.50. The Bertz CT molecular complexity index is 1440. The number of carbonyl (C=O) groups is 4. The van der Waals surface area contributed by atoms with Crippen molar-refractivity contribution in [3.8, 4) is 0 Å². The molecule has 0 saturated carbocycles. The highest BCUT2D eigenvalue weighted by Crippen LogP contribution is 2.38. The summed E-state index contributed by atoms with van der Waals surface area (Å²) in [6.07, 6.45) is 0.0548. The zero-order valence-electron chi connectivity index (χ0n) is 24.3. The fraction of sp³-hybridized carbons (Fsp3) is 0.500. The molecule has 1 fully saturated rings. The van der Waals surface area contributed by atoms with Gasteiger partial charge in [-0.2, -0.15) is 4.31 Å². The van der Waals surface area contributed by atoms with E-state index in [-0.39, 0.29) is 55.1 Å². The number of hydrogen-bond acceptors (Lipinski definition) is 8. The second kappa shape index (κ2) is 13.2. The monoisotopic (exact) mass is 619 g/mol. The molecule has 2 aromatic rings. The molecule has 42 heavy (non-hydrogen) atoms. The van der Waals surface area contributed by atoms with Crippen LogP contribution < -0.4 is 5.32 Å². The maximum Gasteiger partial charge on any atom is 0.409 e. The molecule has 0 aliphatic carbocycles. The van der Waals surface area contributed by atoms with Crippen molar-refractivity contribution in [2.45, 2.75) is 45.6 Å². The van der Waals surface area contributed by atoms with Crippen molar-refractivity contribution < 1.29 is 32.3 Å². The van der Waals surface area contributed by atoms with Crippen LogP contribution in [0.1, 0.15) is 58.9 Å². The van der Waals surface area contributed by atoms with Crippen molar-refractivity contribution in [2.24, 2.45) is 0 Å². The summed E-state index contributed by atoms with van der Waals surface area (Å²) in [7, 11) is -3.83. The molecule has 2 aliphatic rings. The van der Waals surface area contributed by atoms with E-state index in [1.54, 1.807) is 16.7 Å². The maximum absolute atomic E-state index is 13.5. The maximum atomic E-state index is 13.5. The van der Waals surface area contributed by atoms with Gasteiger partial charge in [-0.1, -0.05) is 0 Å². The Morgan fingerprint density at radius 2 is 1.60 bits per heavy atom. The fourth-order valence-electron chi connectivity index (χ4n) is 5.08. The zero-order valence-corrected chi connectivity index (χ0v) is 26.0.